The van der Waals surface area contributed by atoms with Crippen molar-refractivity contribution in [2.24, 2.45) is 0 Å². The van der Waals surface area contributed by atoms with Crippen molar-refractivity contribution in [2.75, 3.05) is 6.26 Å². The van der Waals surface area contributed by atoms with Gasteiger partial charge in [-0.3, -0.25) is 4.79 Å². The Hall–Kier alpha value is -1.69. The van der Waals surface area contributed by atoms with Crippen LogP contribution in [0.15, 0.2) is 29.2 Å². The van der Waals surface area contributed by atoms with E-state index in [4.69, 9.17) is 4.74 Å². The third-order valence-corrected chi connectivity index (χ3v) is 4.88. The topological polar surface area (TPSA) is 67.4 Å². The monoisotopic (exact) mass is 364 g/mol. The van der Waals surface area contributed by atoms with Crippen LogP contribution in [0.5, 0.6) is 0 Å². The summed E-state index contributed by atoms with van der Waals surface area (Å²) in [6.45, 7) is 5.51. The van der Waals surface area contributed by atoms with Crippen molar-refractivity contribution in [3.63, 3.8) is 0 Å². The molecule has 0 aliphatic heterocycles. The lowest BCUT2D eigenvalue weighted by Crippen LogP contribution is -2.53. The molecule has 1 aliphatic rings. The maximum Gasteiger partial charge on any atom is 0.407 e. The lowest BCUT2D eigenvalue weighted by atomic mass is 9.90. The smallest absolute Gasteiger partial charge is 0.407 e. The summed E-state index contributed by atoms with van der Waals surface area (Å²) in [7, 11) is 0. The Labute approximate surface area is 154 Å². The molecule has 2 N–H and O–H groups in total. The summed E-state index contributed by atoms with van der Waals surface area (Å²) < 4.78 is 5.34. The van der Waals surface area contributed by atoms with Gasteiger partial charge in [0, 0.05) is 16.5 Å². The number of nitrogens with one attached hydrogen (secondary N) is 2. The van der Waals surface area contributed by atoms with Gasteiger partial charge in [0.15, 0.2) is 0 Å². The Morgan fingerprint density at radius 1 is 1.04 bits per heavy atom. The molecule has 6 heteroatoms. The van der Waals surface area contributed by atoms with Crippen molar-refractivity contribution < 1.29 is 14.3 Å². The fourth-order valence-electron chi connectivity index (χ4n) is 2.93. The summed E-state index contributed by atoms with van der Waals surface area (Å²) in [5, 5.41) is 6.00. The molecule has 0 spiro atoms. The highest BCUT2D eigenvalue weighted by Crippen LogP contribution is 2.20. The maximum absolute atomic E-state index is 12.5. The molecule has 2 amide bonds. The van der Waals surface area contributed by atoms with Gasteiger partial charge in [0.1, 0.15) is 5.60 Å². The summed E-state index contributed by atoms with van der Waals surface area (Å²) in [5.41, 5.74) is 0.107. The molecule has 1 aromatic rings. The third-order valence-electron chi connectivity index (χ3n) is 4.14. The standard InChI is InChI=1S/C19H28N2O3S/c1-19(2,3)24-18(23)21-16-8-6-5-7-15(16)20-17(22)13-9-11-14(25-4)12-10-13/h9-12,15-16H,5-8H2,1-4H3,(H,20,22)(H,21,23). The minimum absolute atomic E-state index is 0.0750. The number of hydrogen-bond acceptors (Lipinski definition) is 4. The maximum atomic E-state index is 12.5. The van der Waals surface area contributed by atoms with E-state index in [1.165, 1.54) is 0 Å². The number of ether oxygens (including phenoxy) is 1. The van der Waals surface area contributed by atoms with Gasteiger partial charge in [-0.25, -0.2) is 4.79 Å². The lowest BCUT2D eigenvalue weighted by Gasteiger charge is -2.33. The number of benzene rings is 1. The van der Waals surface area contributed by atoms with Crippen LogP contribution in [-0.2, 0) is 4.74 Å². The van der Waals surface area contributed by atoms with Crippen LogP contribution < -0.4 is 10.6 Å². The Kier molecular flexibility index (Phi) is 6.76. The first-order valence-corrected chi connectivity index (χ1v) is 9.95. The van der Waals surface area contributed by atoms with Crippen molar-refractivity contribution in [2.45, 2.75) is 69.0 Å². The van der Waals surface area contributed by atoms with Gasteiger partial charge >= 0.3 is 6.09 Å². The summed E-state index contributed by atoms with van der Waals surface area (Å²) in [6.07, 6.45) is 5.36. The molecule has 5 nitrogen and oxygen atoms in total. The fourth-order valence-corrected chi connectivity index (χ4v) is 3.34. The van der Waals surface area contributed by atoms with Crippen LogP contribution in [0.1, 0.15) is 56.8 Å². The highest BCUT2D eigenvalue weighted by Gasteiger charge is 2.29. The predicted molar refractivity (Wildman–Crippen MR) is 101 cm³/mol. The van der Waals surface area contributed by atoms with Crippen LogP contribution in [0.25, 0.3) is 0 Å². The molecule has 0 aromatic heterocycles. The minimum Gasteiger partial charge on any atom is -0.444 e. The number of rotatable bonds is 4. The summed E-state index contributed by atoms with van der Waals surface area (Å²) in [4.78, 5) is 25.7. The first-order chi connectivity index (χ1) is 11.8. The quantitative estimate of drug-likeness (QED) is 0.793. The molecular weight excluding hydrogens is 336 g/mol. The zero-order chi connectivity index (χ0) is 18.4. The highest BCUT2D eigenvalue weighted by molar-refractivity contribution is 7.98. The van der Waals surface area contributed by atoms with Crippen molar-refractivity contribution >= 4 is 23.8 Å². The third kappa shape index (κ3) is 6.27. The van der Waals surface area contributed by atoms with Crippen LogP contribution >= 0.6 is 11.8 Å². The van der Waals surface area contributed by atoms with Crippen LogP contribution in [0.4, 0.5) is 4.79 Å². The van der Waals surface area contributed by atoms with Gasteiger partial charge in [0.05, 0.1) is 6.04 Å². The molecule has 1 aliphatic carbocycles. The molecule has 0 saturated heterocycles. The fraction of sp³-hybridized carbons (Fsp3) is 0.579. The lowest BCUT2D eigenvalue weighted by molar-refractivity contribution is 0.0475. The molecule has 25 heavy (non-hydrogen) atoms. The van der Waals surface area contributed by atoms with Crippen molar-refractivity contribution in [1.82, 2.24) is 10.6 Å². The number of alkyl carbamates (subject to hydrolysis) is 1. The van der Waals surface area contributed by atoms with Crippen LogP contribution in [0, 0.1) is 0 Å². The van der Waals surface area contributed by atoms with Crippen LogP contribution in [0.2, 0.25) is 0 Å². The van der Waals surface area contributed by atoms with E-state index in [0.29, 0.717) is 5.56 Å². The van der Waals surface area contributed by atoms with E-state index < -0.39 is 11.7 Å². The number of hydrogen-bond donors (Lipinski definition) is 2. The highest BCUT2D eigenvalue weighted by atomic mass is 32.2. The van der Waals surface area contributed by atoms with Gasteiger partial charge in [-0.15, -0.1) is 11.8 Å². The Morgan fingerprint density at radius 2 is 1.60 bits per heavy atom. The number of thioether (sulfide) groups is 1. The molecule has 1 fully saturated rings. The van der Waals surface area contributed by atoms with E-state index in [2.05, 4.69) is 10.6 Å². The van der Waals surface area contributed by atoms with Crippen molar-refractivity contribution in [3.8, 4) is 0 Å². The first-order valence-electron chi connectivity index (χ1n) is 8.73. The summed E-state index contributed by atoms with van der Waals surface area (Å²) in [6, 6.07) is 7.38. The normalized spacial score (nSPS) is 20.6. The average Bonchev–Trinajstić information content (AvgIpc) is 2.55. The van der Waals surface area contributed by atoms with E-state index in [1.807, 2.05) is 51.3 Å². The Morgan fingerprint density at radius 3 is 2.12 bits per heavy atom. The van der Waals surface area contributed by atoms with Gasteiger partial charge in [-0.2, -0.15) is 0 Å². The first kappa shape index (κ1) is 19.6. The number of carbonyl (C=O) groups is 2. The second kappa shape index (κ2) is 8.61. The summed E-state index contributed by atoms with van der Waals surface area (Å²) in [5.74, 6) is -0.101. The molecule has 2 atom stereocenters. The van der Waals surface area contributed by atoms with E-state index in [1.54, 1.807) is 11.8 Å². The second-order valence-corrected chi connectivity index (χ2v) is 8.23. The van der Waals surface area contributed by atoms with Crippen molar-refractivity contribution in [3.05, 3.63) is 29.8 Å². The van der Waals surface area contributed by atoms with Crippen LogP contribution in [0.3, 0.4) is 0 Å². The molecule has 2 rings (SSSR count). The summed E-state index contributed by atoms with van der Waals surface area (Å²) >= 11 is 1.64. The van der Waals surface area contributed by atoms with Gasteiger partial charge < -0.3 is 15.4 Å². The molecule has 0 radical (unpaired) electrons. The van der Waals surface area contributed by atoms with Gasteiger partial charge in [0.25, 0.3) is 5.91 Å². The molecule has 2 unspecified atom stereocenters. The molecule has 138 valence electrons. The van der Waals surface area contributed by atoms with E-state index in [9.17, 15) is 9.59 Å². The van der Waals surface area contributed by atoms with E-state index in [-0.39, 0.29) is 18.0 Å². The van der Waals surface area contributed by atoms with Gasteiger partial charge in [0.2, 0.25) is 0 Å². The molecular formula is C19H28N2O3S. The molecule has 1 saturated carbocycles. The largest absolute Gasteiger partial charge is 0.444 e. The Balaban J connectivity index is 1.97. The number of carbonyl (C=O) groups excluding carboxylic acids is 2. The predicted octanol–water partition coefficient (Wildman–Crippen LogP) is 3.97. The van der Waals surface area contributed by atoms with Crippen LogP contribution in [-0.4, -0.2) is 35.9 Å². The SMILES string of the molecule is CSc1ccc(C(=O)NC2CCCCC2NC(=O)OC(C)(C)C)cc1. The Bertz CT molecular complexity index is 596. The zero-order valence-electron chi connectivity index (χ0n) is 15.4. The zero-order valence-corrected chi connectivity index (χ0v) is 16.2. The van der Waals surface area contributed by atoms with E-state index >= 15 is 0 Å². The molecule has 0 heterocycles. The molecule has 0 bridgehead atoms. The van der Waals surface area contributed by atoms with E-state index in [0.717, 1.165) is 30.6 Å². The number of amides is 2. The van der Waals surface area contributed by atoms with Crippen molar-refractivity contribution in [1.29, 1.82) is 0 Å². The second-order valence-electron chi connectivity index (χ2n) is 7.35. The molecule has 1 aromatic carbocycles. The van der Waals surface area contributed by atoms with Gasteiger partial charge in [-0.1, -0.05) is 12.8 Å². The minimum atomic E-state index is -0.531. The van der Waals surface area contributed by atoms with Gasteiger partial charge in [-0.05, 0) is 64.1 Å². The average molecular weight is 365 g/mol.